The second kappa shape index (κ2) is 1.37. The molecule has 3 heteroatoms. The van der Waals surface area contributed by atoms with Gasteiger partial charge in [-0.25, -0.2) is 0 Å². The van der Waals surface area contributed by atoms with Crippen LogP contribution in [0.5, 0.6) is 0 Å². The molecule has 1 aliphatic carbocycles. The van der Waals surface area contributed by atoms with E-state index < -0.39 is 0 Å². The van der Waals surface area contributed by atoms with Crippen molar-refractivity contribution < 1.29 is 14.3 Å². The van der Waals surface area contributed by atoms with E-state index in [9.17, 15) is 4.79 Å². The van der Waals surface area contributed by atoms with E-state index in [0.29, 0.717) is 24.5 Å². The number of hydrogen-bond acceptors (Lipinski definition) is 3. The third-order valence-corrected chi connectivity index (χ3v) is 2.67. The number of esters is 1. The molecule has 2 saturated heterocycles. The maximum Gasteiger partial charge on any atom is 0.306 e. The molecule has 2 aliphatic heterocycles. The van der Waals surface area contributed by atoms with Gasteiger partial charge in [0, 0.05) is 12.3 Å². The minimum Gasteiger partial charge on any atom is -0.462 e. The Morgan fingerprint density at radius 3 is 3.10 bits per heavy atom. The molecule has 0 amide bonds. The number of carbonyl (C=O) groups excluding carboxylic acids is 1. The van der Waals surface area contributed by atoms with Gasteiger partial charge in [0.2, 0.25) is 0 Å². The molecule has 54 valence electrons. The summed E-state index contributed by atoms with van der Waals surface area (Å²) in [6.45, 7) is 0. The topological polar surface area (TPSA) is 38.8 Å². The molecule has 1 saturated carbocycles. The average molecular weight is 140 g/mol. The van der Waals surface area contributed by atoms with Crippen LogP contribution in [-0.4, -0.2) is 24.3 Å². The fourth-order valence-electron chi connectivity index (χ4n) is 2.13. The summed E-state index contributed by atoms with van der Waals surface area (Å²) in [5.41, 5.74) is 0. The zero-order valence-electron chi connectivity index (χ0n) is 5.45. The van der Waals surface area contributed by atoms with Crippen molar-refractivity contribution in [2.24, 2.45) is 5.92 Å². The summed E-state index contributed by atoms with van der Waals surface area (Å²) in [4.78, 5) is 10.7. The Morgan fingerprint density at radius 1 is 1.40 bits per heavy atom. The lowest BCUT2D eigenvalue weighted by Gasteiger charge is -2.07. The highest BCUT2D eigenvalue weighted by molar-refractivity contribution is 5.72. The molecule has 0 bridgehead atoms. The molecule has 0 aromatic rings. The van der Waals surface area contributed by atoms with Gasteiger partial charge in [0.25, 0.3) is 0 Å². The fraction of sp³-hybridized carbons (Fsp3) is 0.857. The van der Waals surface area contributed by atoms with Crippen LogP contribution in [0.3, 0.4) is 0 Å². The second-order valence-electron chi connectivity index (χ2n) is 3.27. The molecule has 0 radical (unpaired) electrons. The van der Waals surface area contributed by atoms with E-state index >= 15 is 0 Å². The molecule has 0 spiro atoms. The molecular formula is C7H8O3. The monoisotopic (exact) mass is 140 g/mol. The van der Waals surface area contributed by atoms with Gasteiger partial charge >= 0.3 is 5.97 Å². The molecule has 3 rings (SSSR count). The van der Waals surface area contributed by atoms with Crippen molar-refractivity contribution in [3.8, 4) is 0 Å². The fourth-order valence-corrected chi connectivity index (χ4v) is 2.13. The van der Waals surface area contributed by atoms with Crippen LogP contribution in [-0.2, 0) is 14.3 Å². The molecular weight excluding hydrogens is 132 g/mol. The molecule has 0 N–H and O–H groups in total. The van der Waals surface area contributed by atoms with E-state index in [-0.39, 0.29) is 12.1 Å². The van der Waals surface area contributed by atoms with Gasteiger partial charge in [-0.2, -0.15) is 0 Å². The Morgan fingerprint density at radius 2 is 2.30 bits per heavy atom. The quantitative estimate of drug-likeness (QED) is 0.353. The third kappa shape index (κ3) is 0.475. The van der Waals surface area contributed by atoms with Gasteiger partial charge in [-0.05, 0) is 0 Å². The number of carbonyl (C=O) groups is 1. The summed E-state index contributed by atoms with van der Waals surface area (Å²) in [5, 5.41) is 0. The largest absolute Gasteiger partial charge is 0.462 e. The maximum atomic E-state index is 10.7. The van der Waals surface area contributed by atoms with Crippen LogP contribution in [0.4, 0.5) is 0 Å². The highest BCUT2D eigenvalue weighted by Crippen LogP contribution is 2.48. The van der Waals surface area contributed by atoms with E-state index in [4.69, 9.17) is 9.47 Å². The summed E-state index contributed by atoms with van der Waals surface area (Å²) in [7, 11) is 0. The van der Waals surface area contributed by atoms with E-state index in [2.05, 4.69) is 0 Å². The Labute approximate surface area is 58.3 Å². The van der Waals surface area contributed by atoms with Gasteiger partial charge in [-0.15, -0.1) is 0 Å². The summed E-state index contributed by atoms with van der Waals surface area (Å²) >= 11 is 0. The van der Waals surface area contributed by atoms with Gasteiger partial charge in [-0.1, -0.05) is 0 Å². The molecule has 2 heterocycles. The van der Waals surface area contributed by atoms with Crippen LogP contribution in [0.25, 0.3) is 0 Å². The standard InChI is InChI=1S/C7H8O3/c8-6-1-3-4(9-6)2-5-7(3)10-5/h3-5,7H,1-2H2/t3-,4-,5-,7+/m0/s1. The van der Waals surface area contributed by atoms with Crippen molar-refractivity contribution in [3.05, 3.63) is 0 Å². The van der Waals surface area contributed by atoms with Crippen molar-refractivity contribution in [1.82, 2.24) is 0 Å². The number of rotatable bonds is 0. The molecule has 3 nitrogen and oxygen atoms in total. The maximum absolute atomic E-state index is 10.7. The first-order chi connectivity index (χ1) is 4.84. The van der Waals surface area contributed by atoms with Crippen molar-refractivity contribution in [1.29, 1.82) is 0 Å². The van der Waals surface area contributed by atoms with E-state index in [1.807, 2.05) is 0 Å². The molecule has 4 atom stereocenters. The molecule has 3 aliphatic rings. The van der Waals surface area contributed by atoms with Crippen LogP contribution < -0.4 is 0 Å². The SMILES string of the molecule is O=C1C[C@@H]2[C@H]3O[C@H]3C[C@@H]2O1. The number of epoxide rings is 1. The van der Waals surface area contributed by atoms with Crippen molar-refractivity contribution in [2.45, 2.75) is 31.2 Å². The lowest BCUT2D eigenvalue weighted by Crippen LogP contribution is -2.14. The molecule has 0 aromatic heterocycles. The first-order valence-electron chi connectivity index (χ1n) is 3.69. The third-order valence-electron chi connectivity index (χ3n) is 2.67. The van der Waals surface area contributed by atoms with Crippen molar-refractivity contribution >= 4 is 5.97 Å². The molecule has 0 unspecified atom stereocenters. The van der Waals surface area contributed by atoms with Gasteiger partial charge < -0.3 is 9.47 Å². The van der Waals surface area contributed by atoms with Gasteiger partial charge in [0.1, 0.15) is 6.10 Å². The first-order valence-corrected chi connectivity index (χ1v) is 3.69. The summed E-state index contributed by atoms with van der Waals surface area (Å²) in [5.74, 6) is 0.362. The molecule has 10 heavy (non-hydrogen) atoms. The summed E-state index contributed by atoms with van der Waals surface area (Å²) in [6, 6.07) is 0. The number of hydrogen-bond donors (Lipinski definition) is 0. The van der Waals surface area contributed by atoms with Gasteiger partial charge in [-0.3, -0.25) is 4.79 Å². The highest BCUT2D eigenvalue weighted by atomic mass is 16.6. The zero-order valence-corrected chi connectivity index (χ0v) is 5.45. The first kappa shape index (κ1) is 5.13. The number of fused-ring (bicyclic) bond motifs is 3. The predicted molar refractivity (Wildman–Crippen MR) is 31.3 cm³/mol. The Kier molecular flexibility index (Phi) is 0.703. The summed E-state index contributed by atoms with van der Waals surface area (Å²) < 4.78 is 10.3. The van der Waals surface area contributed by atoms with Gasteiger partial charge in [0.15, 0.2) is 0 Å². The highest BCUT2D eigenvalue weighted by Gasteiger charge is 2.60. The minimum absolute atomic E-state index is 0.0380. The normalized spacial score (nSPS) is 55.8. The lowest BCUT2D eigenvalue weighted by atomic mass is 10.0. The minimum atomic E-state index is -0.0380. The van der Waals surface area contributed by atoms with E-state index in [0.717, 1.165) is 6.42 Å². The van der Waals surface area contributed by atoms with Crippen LogP contribution >= 0.6 is 0 Å². The van der Waals surface area contributed by atoms with E-state index in [1.165, 1.54) is 0 Å². The smallest absolute Gasteiger partial charge is 0.306 e. The number of ether oxygens (including phenoxy) is 2. The second-order valence-corrected chi connectivity index (χ2v) is 3.27. The summed E-state index contributed by atoms with van der Waals surface area (Å²) in [6.07, 6.45) is 2.54. The lowest BCUT2D eigenvalue weighted by molar-refractivity contribution is -0.141. The molecule has 0 aromatic carbocycles. The average Bonchev–Trinajstić information content (AvgIpc) is 2.40. The van der Waals surface area contributed by atoms with Crippen LogP contribution in [0.2, 0.25) is 0 Å². The van der Waals surface area contributed by atoms with Crippen LogP contribution in [0.1, 0.15) is 12.8 Å². The van der Waals surface area contributed by atoms with E-state index in [1.54, 1.807) is 0 Å². The van der Waals surface area contributed by atoms with Crippen molar-refractivity contribution in [3.63, 3.8) is 0 Å². The zero-order chi connectivity index (χ0) is 6.72. The molecule has 3 fully saturated rings. The Hall–Kier alpha value is -0.570. The predicted octanol–water partition coefficient (Wildman–Crippen LogP) is 0.0892. The van der Waals surface area contributed by atoms with Crippen LogP contribution in [0.15, 0.2) is 0 Å². The van der Waals surface area contributed by atoms with Gasteiger partial charge in [0.05, 0.1) is 18.6 Å². The Bertz CT molecular complexity index is 201. The van der Waals surface area contributed by atoms with Crippen LogP contribution in [0, 0.1) is 5.92 Å². The van der Waals surface area contributed by atoms with Crippen molar-refractivity contribution in [2.75, 3.05) is 0 Å². The Balaban J connectivity index is 1.88.